The summed E-state index contributed by atoms with van der Waals surface area (Å²) in [5, 5.41) is 0.538. The minimum atomic E-state index is -1.37. The molecule has 1 aromatic rings. The number of amides is 6. The van der Waals surface area contributed by atoms with Crippen LogP contribution in [0.5, 0.6) is 0 Å². The Morgan fingerprint density at radius 1 is 0.750 bits per heavy atom. The normalized spacial score (nSPS) is 15.1. The summed E-state index contributed by atoms with van der Waals surface area (Å²) in [5.74, 6) is -8.12. The fourth-order valence-electron chi connectivity index (χ4n) is 3.00. The third-order valence-electron chi connectivity index (χ3n) is 4.83. The van der Waals surface area contributed by atoms with Crippen molar-refractivity contribution >= 4 is 53.9 Å². The second-order valence-corrected chi connectivity index (χ2v) is 7.28. The number of carbonyl (C=O) groups is 9. The summed E-state index contributed by atoms with van der Waals surface area (Å²) in [6.07, 6.45) is -1.05. The lowest BCUT2D eigenvalue weighted by molar-refractivity contribution is -0.173. The van der Waals surface area contributed by atoms with Gasteiger partial charge in [0.15, 0.2) is 0 Å². The van der Waals surface area contributed by atoms with Crippen LogP contribution in [0.2, 0.25) is 0 Å². The van der Waals surface area contributed by atoms with E-state index in [4.69, 9.17) is 9.68 Å². The smallest absolute Gasteiger partial charge is 0.325 e. The Bertz CT molecular complexity index is 1110. The van der Waals surface area contributed by atoms with Crippen molar-refractivity contribution in [1.82, 2.24) is 15.2 Å². The maximum atomic E-state index is 12.6. The van der Waals surface area contributed by atoms with Gasteiger partial charge in [-0.25, -0.2) is 14.4 Å². The standard InChI is InChI=1S/C21H17N3O12/c1-2-14(26)22(10-25)34-19(31)11-7-12(20(32)35-23-15(27)3-4-16(23)28)9-13(8-11)21(33)36-24-17(29)5-6-18(24)30/h7-10H,2-6H2,1H3. The Balaban J connectivity index is 1.93. The monoisotopic (exact) mass is 503 g/mol. The van der Waals surface area contributed by atoms with Gasteiger partial charge in [0.2, 0.25) is 0 Å². The molecule has 0 bridgehead atoms. The molecule has 0 atom stereocenters. The Hall–Kier alpha value is -4.95. The number of imide groups is 3. The van der Waals surface area contributed by atoms with Crippen molar-refractivity contribution in [1.29, 1.82) is 0 Å². The van der Waals surface area contributed by atoms with Crippen LogP contribution in [0, 0.1) is 0 Å². The van der Waals surface area contributed by atoms with Crippen LogP contribution in [0.3, 0.4) is 0 Å². The van der Waals surface area contributed by atoms with Gasteiger partial charge in [-0.15, -0.1) is 15.2 Å². The molecular formula is C21H17N3O12. The summed E-state index contributed by atoms with van der Waals surface area (Å²) in [4.78, 5) is 122. The average Bonchev–Trinajstić information content (AvgIpc) is 3.36. The number of hydroxylamine groups is 6. The average molecular weight is 503 g/mol. The molecule has 2 aliphatic rings. The van der Waals surface area contributed by atoms with E-state index in [0.29, 0.717) is 0 Å². The first-order valence-electron chi connectivity index (χ1n) is 10.4. The molecule has 2 aliphatic heterocycles. The van der Waals surface area contributed by atoms with Crippen LogP contribution < -0.4 is 0 Å². The Kier molecular flexibility index (Phi) is 7.52. The number of rotatable bonds is 7. The van der Waals surface area contributed by atoms with Gasteiger partial charge >= 0.3 is 17.9 Å². The Morgan fingerprint density at radius 3 is 1.44 bits per heavy atom. The maximum Gasteiger partial charge on any atom is 0.363 e. The van der Waals surface area contributed by atoms with Gasteiger partial charge in [0.1, 0.15) is 0 Å². The highest BCUT2D eigenvalue weighted by molar-refractivity contribution is 6.06. The minimum absolute atomic E-state index is 0.0772. The zero-order chi connectivity index (χ0) is 26.6. The summed E-state index contributed by atoms with van der Waals surface area (Å²) >= 11 is 0. The van der Waals surface area contributed by atoms with Crippen LogP contribution >= 0.6 is 0 Å². The zero-order valence-electron chi connectivity index (χ0n) is 18.6. The summed E-state index contributed by atoms with van der Waals surface area (Å²) < 4.78 is 0. The third-order valence-corrected chi connectivity index (χ3v) is 4.83. The number of nitrogens with zero attached hydrogens (tertiary/aromatic N) is 3. The Morgan fingerprint density at radius 2 is 1.11 bits per heavy atom. The molecule has 2 saturated heterocycles. The second-order valence-electron chi connectivity index (χ2n) is 7.28. The van der Waals surface area contributed by atoms with Crippen LogP contribution in [0.1, 0.15) is 70.1 Å². The van der Waals surface area contributed by atoms with Crippen molar-refractivity contribution in [3.05, 3.63) is 34.9 Å². The molecule has 0 spiro atoms. The summed E-state index contributed by atoms with van der Waals surface area (Å²) in [7, 11) is 0. The van der Waals surface area contributed by atoms with E-state index in [1.165, 1.54) is 6.92 Å². The molecule has 1 aromatic carbocycles. The lowest BCUT2D eigenvalue weighted by Gasteiger charge is -2.16. The molecule has 0 radical (unpaired) electrons. The molecule has 15 heteroatoms. The number of carbonyl (C=O) groups excluding carboxylic acids is 9. The van der Waals surface area contributed by atoms with Gasteiger partial charge in [-0.2, -0.15) is 0 Å². The number of hydrogen-bond donors (Lipinski definition) is 0. The molecule has 2 heterocycles. The summed E-state index contributed by atoms with van der Waals surface area (Å²) in [5.41, 5.74) is -1.67. The molecule has 36 heavy (non-hydrogen) atoms. The van der Waals surface area contributed by atoms with Gasteiger partial charge in [-0.05, 0) is 18.2 Å². The predicted molar refractivity (Wildman–Crippen MR) is 108 cm³/mol. The molecule has 0 aromatic heterocycles. The van der Waals surface area contributed by atoms with Gasteiger partial charge in [0.05, 0.1) is 16.7 Å². The van der Waals surface area contributed by atoms with Gasteiger partial charge in [-0.1, -0.05) is 6.92 Å². The molecule has 0 unspecified atom stereocenters. The quantitative estimate of drug-likeness (QED) is 0.266. The van der Waals surface area contributed by atoms with Crippen molar-refractivity contribution in [2.24, 2.45) is 0 Å². The van der Waals surface area contributed by atoms with E-state index in [9.17, 15) is 43.2 Å². The van der Waals surface area contributed by atoms with Crippen molar-refractivity contribution in [3.63, 3.8) is 0 Å². The first-order valence-corrected chi connectivity index (χ1v) is 10.4. The largest absolute Gasteiger partial charge is 0.363 e. The molecule has 3 rings (SSSR count). The van der Waals surface area contributed by atoms with E-state index < -0.39 is 64.1 Å². The number of benzene rings is 1. The minimum Gasteiger partial charge on any atom is -0.325 e. The molecular weight excluding hydrogens is 486 g/mol. The van der Waals surface area contributed by atoms with E-state index in [0.717, 1.165) is 18.2 Å². The first kappa shape index (κ1) is 25.7. The predicted octanol–water partition coefficient (Wildman–Crippen LogP) is -0.405. The van der Waals surface area contributed by atoms with E-state index in [2.05, 4.69) is 4.84 Å². The number of hydrogen-bond acceptors (Lipinski definition) is 12. The maximum absolute atomic E-state index is 12.6. The summed E-state index contributed by atoms with van der Waals surface area (Å²) in [6.45, 7) is 1.39. The molecule has 0 saturated carbocycles. The van der Waals surface area contributed by atoms with E-state index >= 15 is 0 Å². The summed E-state index contributed by atoms with van der Waals surface area (Å²) in [6, 6.07) is 2.50. The van der Waals surface area contributed by atoms with Gasteiger partial charge < -0.3 is 14.5 Å². The highest BCUT2D eigenvalue weighted by Crippen LogP contribution is 2.20. The van der Waals surface area contributed by atoms with Crippen LogP contribution in [0.4, 0.5) is 0 Å². The lowest BCUT2D eigenvalue weighted by atomic mass is 10.1. The van der Waals surface area contributed by atoms with E-state index in [1.54, 1.807) is 0 Å². The lowest BCUT2D eigenvalue weighted by Crippen LogP contribution is -2.33. The van der Waals surface area contributed by atoms with Crippen molar-refractivity contribution < 1.29 is 57.7 Å². The van der Waals surface area contributed by atoms with Crippen LogP contribution in [0.15, 0.2) is 18.2 Å². The van der Waals surface area contributed by atoms with Crippen molar-refractivity contribution in [3.8, 4) is 0 Å². The zero-order valence-corrected chi connectivity index (χ0v) is 18.6. The Labute approximate surface area is 201 Å². The van der Waals surface area contributed by atoms with E-state index in [1.807, 2.05) is 0 Å². The fraction of sp³-hybridized carbons (Fsp3) is 0.286. The first-order chi connectivity index (χ1) is 17.0. The third kappa shape index (κ3) is 5.40. The molecule has 6 amide bonds. The van der Waals surface area contributed by atoms with Crippen LogP contribution in [0.25, 0.3) is 0 Å². The van der Waals surface area contributed by atoms with Crippen LogP contribution in [-0.2, 0) is 43.3 Å². The van der Waals surface area contributed by atoms with Crippen LogP contribution in [-0.4, -0.2) is 69.0 Å². The topological polar surface area (TPSA) is 191 Å². The van der Waals surface area contributed by atoms with Crippen molar-refractivity contribution in [2.45, 2.75) is 39.0 Å². The highest BCUT2D eigenvalue weighted by Gasteiger charge is 2.35. The van der Waals surface area contributed by atoms with Crippen molar-refractivity contribution in [2.75, 3.05) is 0 Å². The highest BCUT2D eigenvalue weighted by atomic mass is 16.7. The molecule has 0 aliphatic carbocycles. The fourth-order valence-corrected chi connectivity index (χ4v) is 3.00. The SMILES string of the molecule is CCC(=O)N(C=O)OC(=O)c1cc(C(=O)ON2C(=O)CCC2=O)cc(C(=O)ON2C(=O)CCC2=O)c1. The van der Waals surface area contributed by atoms with Gasteiger partial charge in [-0.3, -0.25) is 28.8 Å². The second kappa shape index (κ2) is 10.5. The molecule has 2 fully saturated rings. The molecule has 0 N–H and O–H groups in total. The van der Waals surface area contributed by atoms with E-state index in [-0.39, 0.29) is 53.7 Å². The van der Waals surface area contributed by atoms with Gasteiger partial charge in [0, 0.05) is 32.1 Å². The van der Waals surface area contributed by atoms with Gasteiger partial charge in [0.25, 0.3) is 35.9 Å². The molecule has 188 valence electrons. The molecule has 15 nitrogen and oxygen atoms in total.